The number of nitrogens with zero attached hydrogens (tertiary/aromatic N) is 3. The number of rotatable bonds is 6. The Morgan fingerprint density at radius 3 is 1.33 bits per heavy atom. The second-order valence-corrected chi connectivity index (χ2v) is 14.9. The molecule has 0 N–H and O–H groups in total. The molecule has 0 saturated carbocycles. The van der Waals surface area contributed by atoms with Crippen molar-refractivity contribution in [1.29, 1.82) is 0 Å². The molecule has 0 bridgehead atoms. The fourth-order valence-corrected chi connectivity index (χ4v) is 8.40. The number of hydrogen-bond donors (Lipinski definition) is 0. The van der Waals surface area contributed by atoms with E-state index in [0.717, 1.165) is 60.7 Å². The van der Waals surface area contributed by atoms with Crippen molar-refractivity contribution in [1.82, 2.24) is 15.0 Å². The summed E-state index contributed by atoms with van der Waals surface area (Å²) in [5, 5.41) is 4.63. The van der Waals surface area contributed by atoms with Gasteiger partial charge in [0, 0.05) is 27.5 Å². The van der Waals surface area contributed by atoms with Gasteiger partial charge in [-0.2, -0.15) is 0 Å². The van der Waals surface area contributed by atoms with Gasteiger partial charge in [0.15, 0.2) is 17.5 Å². The van der Waals surface area contributed by atoms with Crippen LogP contribution in [0.3, 0.4) is 0 Å². The minimum atomic E-state index is 0.641. The fourth-order valence-electron chi connectivity index (χ4n) is 8.40. The number of fused-ring (bicyclic) bond motifs is 4. The van der Waals surface area contributed by atoms with Crippen LogP contribution in [0.1, 0.15) is 0 Å². The quantitative estimate of drug-likeness (QED) is 0.199. The highest BCUT2D eigenvalue weighted by Gasteiger charge is 2.23. The van der Waals surface area contributed by atoms with E-state index in [9.17, 15) is 0 Å². The monoisotopic (exact) mass is 725 g/mol. The van der Waals surface area contributed by atoms with Crippen molar-refractivity contribution in [3.8, 4) is 67.5 Å². The predicted molar refractivity (Wildman–Crippen MR) is 250 cm³/mol. The van der Waals surface area contributed by atoms with E-state index in [1.807, 2.05) is 12.1 Å². The molecule has 2 aromatic heterocycles. The largest absolute Gasteiger partial charge is 0.456 e. The van der Waals surface area contributed by atoms with Crippen LogP contribution in [0.15, 0.2) is 168 Å². The van der Waals surface area contributed by atoms with Gasteiger partial charge >= 0.3 is 0 Å². The Morgan fingerprint density at radius 2 is 0.789 bits per heavy atom. The van der Waals surface area contributed by atoms with Crippen molar-refractivity contribution in [2.45, 2.75) is 0 Å². The van der Waals surface area contributed by atoms with Crippen LogP contribution >= 0.6 is 0 Å². The lowest BCUT2D eigenvalue weighted by Gasteiger charge is -2.22. The number of hydrogen-bond acceptors (Lipinski definition) is 4. The van der Waals surface area contributed by atoms with E-state index in [4.69, 9.17) is 19.4 Å². The predicted octanol–water partition coefficient (Wildman–Crippen LogP) is 5.96. The second-order valence-electron chi connectivity index (χ2n) is 14.9. The molecule has 10 aromatic rings. The van der Waals surface area contributed by atoms with E-state index in [1.165, 1.54) is 44.0 Å². The molecule has 0 saturated heterocycles. The first kappa shape index (κ1) is 34.6. The summed E-state index contributed by atoms with van der Waals surface area (Å²) in [4.78, 5) is 15.6. The minimum Gasteiger partial charge on any atom is -0.456 e. The zero-order chi connectivity index (χ0) is 38.6. The molecule has 0 amide bonds. The van der Waals surface area contributed by atoms with Crippen molar-refractivity contribution in [3.63, 3.8) is 0 Å². The Morgan fingerprint density at radius 1 is 0.351 bits per heavy atom. The smallest absolute Gasteiger partial charge is 0.164 e. The summed E-state index contributed by atoms with van der Waals surface area (Å²) in [6.07, 6.45) is 0. The zero-order valence-corrected chi connectivity index (χ0v) is 32.3. The average molecular weight is 725 g/mol. The van der Waals surface area contributed by atoms with Gasteiger partial charge in [-0.1, -0.05) is 167 Å². The topological polar surface area (TPSA) is 51.8 Å². The van der Waals surface area contributed by atoms with E-state index in [1.54, 1.807) is 0 Å². The van der Waals surface area contributed by atoms with Gasteiger partial charge in [0.1, 0.15) is 42.6 Å². The average Bonchev–Trinajstić information content (AvgIpc) is 3.63. The fraction of sp³-hybridized carbons (Fsp3) is 0. The minimum absolute atomic E-state index is 0.641. The second kappa shape index (κ2) is 14.0. The lowest BCUT2D eigenvalue weighted by molar-refractivity contribution is 0.669. The van der Waals surface area contributed by atoms with Gasteiger partial charge in [0.2, 0.25) is 0 Å². The number of aromatic nitrogens is 3. The lowest BCUT2D eigenvalue weighted by Crippen LogP contribution is -2.44. The molecule has 57 heavy (non-hydrogen) atoms. The Kier molecular flexibility index (Phi) is 8.48. The van der Waals surface area contributed by atoms with Gasteiger partial charge in [-0.25, -0.2) is 15.0 Å². The Hall–Kier alpha value is -6.91. The first-order chi connectivity index (χ1) is 27.9. The van der Waals surface area contributed by atoms with E-state index in [0.29, 0.717) is 17.5 Å². The lowest BCUT2D eigenvalue weighted by atomic mass is 9.63. The summed E-state index contributed by atoms with van der Waals surface area (Å²) in [5.41, 5.74) is 16.4. The highest BCUT2D eigenvalue weighted by Crippen LogP contribution is 2.38. The third-order valence-corrected chi connectivity index (χ3v) is 11.6. The summed E-state index contributed by atoms with van der Waals surface area (Å²) < 4.78 is 6.50. The van der Waals surface area contributed by atoms with Gasteiger partial charge in [-0.05, 0) is 62.4 Å². The van der Waals surface area contributed by atoms with Crippen molar-refractivity contribution in [3.05, 3.63) is 164 Å². The van der Waals surface area contributed by atoms with E-state index < -0.39 is 0 Å². The summed E-state index contributed by atoms with van der Waals surface area (Å²) in [6.45, 7) is 0. The standard InChI is InChI=1S/C49H35B4N3O/c50-43-41(36-16-9-17-38-40(36)37-26-34-14-7-8-15-35(34)27-39(37)57-38)44(51)46(53)42(45(43)52)49-55-47(32-22-18-30(19-23-32)28-10-3-1-4-11-28)54-48(56-49)33-24-20-31(21-25-33)29-12-5-2-6-13-29/h1-27H,50-53H2. The van der Waals surface area contributed by atoms with Crippen LogP contribution in [-0.4, -0.2) is 46.3 Å². The molecule has 8 aromatic carbocycles. The van der Waals surface area contributed by atoms with E-state index >= 15 is 0 Å². The maximum atomic E-state index is 6.50. The van der Waals surface area contributed by atoms with Crippen molar-refractivity contribution >= 4 is 85.9 Å². The van der Waals surface area contributed by atoms with Gasteiger partial charge in [-0.15, -0.1) is 0 Å². The molecular formula is C49H35B4N3O. The highest BCUT2D eigenvalue weighted by molar-refractivity contribution is 6.62. The van der Waals surface area contributed by atoms with Crippen LogP contribution in [0.25, 0.3) is 100 Å². The van der Waals surface area contributed by atoms with Gasteiger partial charge in [0.25, 0.3) is 0 Å². The maximum Gasteiger partial charge on any atom is 0.164 e. The molecule has 2 heterocycles. The van der Waals surface area contributed by atoms with Crippen molar-refractivity contribution in [2.24, 2.45) is 0 Å². The Balaban J connectivity index is 1.14. The Bertz CT molecular complexity index is 3020. The zero-order valence-electron chi connectivity index (χ0n) is 32.3. The van der Waals surface area contributed by atoms with Crippen LogP contribution in [0.5, 0.6) is 0 Å². The molecule has 0 aliphatic heterocycles. The molecule has 0 atom stereocenters. The first-order valence-corrected chi connectivity index (χ1v) is 19.4. The van der Waals surface area contributed by atoms with Gasteiger partial charge in [-0.3, -0.25) is 0 Å². The molecule has 0 aliphatic carbocycles. The number of furan rings is 1. The molecule has 10 rings (SSSR count). The summed E-state index contributed by atoms with van der Waals surface area (Å²) in [5.74, 6) is 1.95. The number of benzene rings is 8. The van der Waals surface area contributed by atoms with E-state index in [-0.39, 0.29) is 0 Å². The maximum absolute atomic E-state index is 6.50. The van der Waals surface area contributed by atoms with Crippen LogP contribution in [0, 0.1) is 0 Å². The molecule has 0 unspecified atom stereocenters. The molecule has 264 valence electrons. The van der Waals surface area contributed by atoms with E-state index in [2.05, 4.69) is 183 Å². The summed E-state index contributed by atoms with van der Waals surface area (Å²) in [7, 11) is 8.86. The summed E-state index contributed by atoms with van der Waals surface area (Å²) in [6, 6.07) is 57.2. The SMILES string of the molecule is Bc1c(B)c(-c2cccc3oc4cc5ccccc5cc4c23)c(B)c(B)c1-c1nc(-c2ccc(-c3ccccc3)cc2)nc(-c2ccc(-c3ccccc3)cc2)n1. The van der Waals surface area contributed by atoms with Crippen LogP contribution in [0.2, 0.25) is 0 Å². The molecule has 0 aliphatic rings. The third-order valence-electron chi connectivity index (χ3n) is 11.6. The normalized spacial score (nSPS) is 11.4. The highest BCUT2D eigenvalue weighted by atomic mass is 16.3. The molecule has 0 radical (unpaired) electrons. The Labute approximate surface area is 335 Å². The first-order valence-electron chi connectivity index (χ1n) is 19.4. The molecule has 8 heteroatoms. The molecule has 0 fully saturated rings. The molecule has 0 spiro atoms. The van der Waals surface area contributed by atoms with Gasteiger partial charge in [0.05, 0.1) is 0 Å². The summed E-state index contributed by atoms with van der Waals surface area (Å²) >= 11 is 0. The molecule has 4 nitrogen and oxygen atoms in total. The van der Waals surface area contributed by atoms with Crippen LogP contribution in [-0.2, 0) is 0 Å². The third kappa shape index (κ3) is 6.05. The van der Waals surface area contributed by atoms with Gasteiger partial charge < -0.3 is 4.42 Å². The van der Waals surface area contributed by atoms with Crippen LogP contribution in [0.4, 0.5) is 0 Å². The van der Waals surface area contributed by atoms with Crippen molar-refractivity contribution in [2.75, 3.05) is 0 Å². The van der Waals surface area contributed by atoms with Crippen LogP contribution < -0.4 is 21.9 Å². The molecular weight excluding hydrogens is 690 g/mol. The van der Waals surface area contributed by atoms with Crippen molar-refractivity contribution < 1.29 is 4.42 Å².